The lowest BCUT2D eigenvalue weighted by atomic mass is 10.0. The molecule has 1 heterocycles. The maximum absolute atomic E-state index is 4.42. The normalized spacial score (nSPS) is 10.8. The number of aryl methyl sites for hydroxylation is 1. The van der Waals surface area contributed by atoms with Crippen molar-refractivity contribution in [3.63, 3.8) is 0 Å². The molecule has 0 saturated carbocycles. The molecular weight excluding hydrogens is 278 g/mol. The number of nitrogens with one attached hydrogen (secondary N) is 2. The second-order valence-corrected chi connectivity index (χ2v) is 5.08. The van der Waals surface area contributed by atoms with Crippen molar-refractivity contribution < 1.29 is 0 Å². The van der Waals surface area contributed by atoms with E-state index in [-0.39, 0.29) is 0 Å². The third-order valence-electron chi connectivity index (χ3n) is 2.92. The highest BCUT2D eigenvalue weighted by Gasteiger charge is 2.12. The second kappa shape index (κ2) is 5.02. The lowest BCUT2D eigenvalue weighted by molar-refractivity contribution is 0.779. The van der Waals surface area contributed by atoms with Gasteiger partial charge >= 0.3 is 0 Å². The van der Waals surface area contributed by atoms with Gasteiger partial charge in [0.05, 0.1) is 11.4 Å². The molecule has 0 amide bonds. The van der Waals surface area contributed by atoms with Crippen LogP contribution in [0.1, 0.15) is 16.8 Å². The Morgan fingerprint density at radius 1 is 1.35 bits per heavy atom. The van der Waals surface area contributed by atoms with E-state index in [1.165, 1.54) is 16.7 Å². The molecule has 2 N–H and O–H groups in total. The van der Waals surface area contributed by atoms with Crippen LogP contribution < -0.4 is 5.32 Å². The molecule has 1 aromatic heterocycles. The molecule has 0 bridgehead atoms. The van der Waals surface area contributed by atoms with Crippen molar-refractivity contribution in [1.82, 2.24) is 15.5 Å². The Hall–Kier alpha value is -1.13. The van der Waals surface area contributed by atoms with E-state index in [9.17, 15) is 0 Å². The molecule has 0 radical (unpaired) electrons. The summed E-state index contributed by atoms with van der Waals surface area (Å²) in [4.78, 5) is 0. The molecule has 0 fully saturated rings. The van der Waals surface area contributed by atoms with Crippen molar-refractivity contribution >= 4 is 15.9 Å². The van der Waals surface area contributed by atoms with Gasteiger partial charge in [-0.2, -0.15) is 5.10 Å². The molecule has 4 heteroatoms. The Morgan fingerprint density at radius 3 is 2.82 bits per heavy atom. The van der Waals surface area contributed by atoms with Crippen LogP contribution in [0, 0.1) is 13.8 Å². The summed E-state index contributed by atoms with van der Waals surface area (Å²) < 4.78 is 1.08. The first kappa shape index (κ1) is 12.3. The van der Waals surface area contributed by atoms with E-state index in [1.54, 1.807) is 0 Å². The summed E-state index contributed by atoms with van der Waals surface area (Å²) in [6, 6.07) is 6.27. The smallest absolute Gasteiger partial charge is 0.0956 e. The molecule has 2 rings (SSSR count). The predicted molar refractivity (Wildman–Crippen MR) is 74.0 cm³/mol. The van der Waals surface area contributed by atoms with Gasteiger partial charge in [0.1, 0.15) is 0 Å². The summed E-state index contributed by atoms with van der Waals surface area (Å²) in [7, 11) is 1.93. The van der Waals surface area contributed by atoms with Crippen LogP contribution in [0.3, 0.4) is 0 Å². The van der Waals surface area contributed by atoms with Crippen LogP contribution in [0.4, 0.5) is 0 Å². The van der Waals surface area contributed by atoms with Gasteiger partial charge in [-0.15, -0.1) is 0 Å². The molecule has 2 aromatic rings. The van der Waals surface area contributed by atoms with Gasteiger partial charge in [-0.25, -0.2) is 0 Å². The Morgan fingerprint density at radius 2 is 2.12 bits per heavy atom. The molecule has 0 aliphatic carbocycles. The Kier molecular flexibility index (Phi) is 3.64. The first-order valence-corrected chi connectivity index (χ1v) is 6.37. The molecule has 17 heavy (non-hydrogen) atoms. The number of nitrogens with zero attached hydrogens (tertiary/aromatic N) is 1. The molecule has 90 valence electrons. The Bertz CT molecular complexity index is 531. The molecule has 0 spiro atoms. The third-order valence-corrected chi connectivity index (χ3v) is 3.41. The molecule has 1 aromatic carbocycles. The lowest BCUT2D eigenvalue weighted by Gasteiger charge is -2.05. The molecule has 0 saturated heterocycles. The second-order valence-electron chi connectivity index (χ2n) is 4.17. The maximum Gasteiger partial charge on any atom is 0.0956 e. The van der Waals surface area contributed by atoms with Crippen molar-refractivity contribution in [2.24, 2.45) is 0 Å². The molecule has 0 aliphatic rings. The molecular formula is C13H16BrN3. The average Bonchev–Trinajstić information content (AvgIpc) is 2.65. The van der Waals surface area contributed by atoms with E-state index in [2.05, 4.69) is 63.5 Å². The van der Waals surface area contributed by atoms with E-state index in [0.29, 0.717) is 0 Å². The van der Waals surface area contributed by atoms with Gasteiger partial charge in [0, 0.05) is 16.6 Å². The van der Waals surface area contributed by atoms with E-state index in [1.807, 2.05) is 7.05 Å². The number of hydrogen-bond donors (Lipinski definition) is 2. The van der Waals surface area contributed by atoms with Crippen molar-refractivity contribution in [2.75, 3.05) is 7.05 Å². The van der Waals surface area contributed by atoms with Crippen molar-refractivity contribution in [3.8, 4) is 11.3 Å². The number of aromatic amines is 1. The van der Waals surface area contributed by atoms with Gasteiger partial charge < -0.3 is 5.32 Å². The standard InChI is InChI=1S/C13H16BrN3/c1-8-4-5-10(14)6-11(8)13-9(2)12(7-15-3)16-17-13/h4-6,15H,7H2,1-3H3,(H,16,17). The predicted octanol–water partition coefficient (Wildman–Crippen LogP) is 3.18. The van der Waals surface area contributed by atoms with Crippen molar-refractivity contribution in [2.45, 2.75) is 20.4 Å². The van der Waals surface area contributed by atoms with E-state index in [0.717, 1.165) is 22.4 Å². The van der Waals surface area contributed by atoms with E-state index in [4.69, 9.17) is 0 Å². The van der Waals surface area contributed by atoms with Crippen LogP contribution >= 0.6 is 15.9 Å². The summed E-state index contributed by atoms with van der Waals surface area (Å²) in [5, 5.41) is 10.6. The van der Waals surface area contributed by atoms with Crippen molar-refractivity contribution in [3.05, 3.63) is 39.5 Å². The average molecular weight is 294 g/mol. The summed E-state index contributed by atoms with van der Waals surface area (Å²) in [5.41, 5.74) is 5.80. The van der Waals surface area contributed by atoms with Crippen LogP contribution in [-0.4, -0.2) is 17.2 Å². The summed E-state index contributed by atoms with van der Waals surface area (Å²) >= 11 is 3.51. The topological polar surface area (TPSA) is 40.7 Å². The Labute approximate surface area is 110 Å². The highest BCUT2D eigenvalue weighted by atomic mass is 79.9. The van der Waals surface area contributed by atoms with Gasteiger partial charge in [0.2, 0.25) is 0 Å². The zero-order valence-electron chi connectivity index (χ0n) is 10.3. The number of halogens is 1. The quantitative estimate of drug-likeness (QED) is 0.913. The number of rotatable bonds is 3. The minimum atomic E-state index is 0.811. The number of aromatic nitrogens is 2. The first-order valence-electron chi connectivity index (χ1n) is 5.58. The van der Waals surface area contributed by atoms with E-state index >= 15 is 0 Å². The van der Waals surface area contributed by atoms with Gasteiger partial charge in [-0.05, 0) is 44.2 Å². The molecule has 0 unspecified atom stereocenters. The monoisotopic (exact) mass is 293 g/mol. The fourth-order valence-electron chi connectivity index (χ4n) is 1.89. The number of H-pyrrole nitrogens is 1. The molecule has 0 atom stereocenters. The SMILES string of the molecule is CNCc1[nH]nc(-c2cc(Br)ccc2C)c1C. The zero-order chi connectivity index (χ0) is 12.4. The first-order chi connectivity index (χ1) is 8.13. The molecule has 3 nitrogen and oxygen atoms in total. The lowest BCUT2D eigenvalue weighted by Crippen LogP contribution is -2.06. The zero-order valence-corrected chi connectivity index (χ0v) is 11.9. The van der Waals surface area contributed by atoms with Crippen LogP contribution in [0.2, 0.25) is 0 Å². The number of hydrogen-bond acceptors (Lipinski definition) is 2. The number of benzene rings is 1. The minimum absolute atomic E-state index is 0.811. The minimum Gasteiger partial charge on any atom is -0.314 e. The van der Waals surface area contributed by atoms with Gasteiger partial charge in [-0.1, -0.05) is 22.0 Å². The van der Waals surface area contributed by atoms with Gasteiger partial charge in [-0.3, -0.25) is 5.10 Å². The van der Waals surface area contributed by atoms with Crippen LogP contribution in [0.25, 0.3) is 11.3 Å². The summed E-state index contributed by atoms with van der Waals surface area (Å²) in [5.74, 6) is 0. The summed E-state index contributed by atoms with van der Waals surface area (Å²) in [6.45, 7) is 5.02. The van der Waals surface area contributed by atoms with Crippen molar-refractivity contribution in [1.29, 1.82) is 0 Å². The Balaban J connectivity index is 2.49. The highest BCUT2D eigenvalue weighted by molar-refractivity contribution is 9.10. The third kappa shape index (κ3) is 2.42. The fraction of sp³-hybridized carbons (Fsp3) is 0.308. The molecule has 0 aliphatic heterocycles. The largest absolute Gasteiger partial charge is 0.314 e. The van der Waals surface area contributed by atoms with Crippen LogP contribution in [-0.2, 0) is 6.54 Å². The van der Waals surface area contributed by atoms with Gasteiger partial charge in [0.25, 0.3) is 0 Å². The summed E-state index contributed by atoms with van der Waals surface area (Å²) in [6.07, 6.45) is 0. The fourth-order valence-corrected chi connectivity index (χ4v) is 2.26. The van der Waals surface area contributed by atoms with Crippen LogP contribution in [0.5, 0.6) is 0 Å². The van der Waals surface area contributed by atoms with Gasteiger partial charge in [0.15, 0.2) is 0 Å². The maximum atomic E-state index is 4.42. The van der Waals surface area contributed by atoms with Crippen LogP contribution in [0.15, 0.2) is 22.7 Å². The van der Waals surface area contributed by atoms with E-state index < -0.39 is 0 Å². The highest BCUT2D eigenvalue weighted by Crippen LogP contribution is 2.28.